The molecule has 1 amide bonds. The first-order valence-electron chi connectivity index (χ1n) is 12.3. The second kappa shape index (κ2) is 9.80. The number of esters is 1. The Labute approximate surface area is 210 Å². The molecule has 5 rings (SSSR count). The van der Waals surface area contributed by atoms with Crippen LogP contribution in [0.4, 0.5) is 9.18 Å². The van der Waals surface area contributed by atoms with Crippen molar-refractivity contribution in [1.29, 1.82) is 0 Å². The molecule has 2 aliphatic heterocycles. The zero-order chi connectivity index (χ0) is 26.1. The highest BCUT2D eigenvalue weighted by atomic mass is 19.1. The maximum absolute atomic E-state index is 15.3. The first kappa shape index (κ1) is 26.1. The Morgan fingerprint density at radius 3 is 2.53 bits per heavy atom. The summed E-state index contributed by atoms with van der Waals surface area (Å²) in [4.78, 5) is 34.1. The van der Waals surface area contributed by atoms with E-state index in [2.05, 4.69) is 15.3 Å². The minimum Gasteiger partial charge on any atom is -0.481 e. The lowest BCUT2D eigenvalue weighted by Crippen LogP contribution is -2.63. The van der Waals surface area contributed by atoms with E-state index < -0.39 is 40.5 Å². The Hall–Kier alpha value is -3.01. The van der Waals surface area contributed by atoms with Crippen molar-refractivity contribution in [3.63, 3.8) is 0 Å². The van der Waals surface area contributed by atoms with E-state index >= 15 is 4.39 Å². The molecule has 36 heavy (non-hydrogen) atoms. The number of carbonyl (C=O) groups excluding carboxylic acids is 2. The van der Waals surface area contributed by atoms with E-state index in [1.807, 2.05) is 20.8 Å². The monoisotopic (exact) mass is 503 g/mol. The fourth-order valence-electron chi connectivity index (χ4n) is 5.12. The minimum atomic E-state index is -0.945. The molecule has 4 heterocycles. The number of ether oxygens (including phenoxy) is 4. The summed E-state index contributed by atoms with van der Waals surface area (Å²) in [6, 6.07) is 3.32. The van der Waals surface area contributed by atoms with Crippen LogP contribution in [-0.2, 0) is 19.0 Å². The van der Waals surface area contributed by atoms with Gasteiger partial charge in [0.05, 0.1) is 54.6 Å². The third kappa shape index (κ3) is 5.38. The molecule has 0 aromatic carbocycles. The molecule has 10 heteroatoms. The molecule has 1 saturated carbocycles. The first-order chi connectivity index (χ1) is 17.0. The Morgan fingerprint density at radius 2 is 1.94 bits per heavy atom. The van der Waals surface area contributed by atoms with Gasteiger partial charge in [0.2, 0.25) is 5.88 Å². The summed E-state index contributed by atoms with van der Waals surface area (Å²) in [7, 11) is 1.47. The highest BCUT2D eigenvalue weighted by molar-refractivity contribution is 5.87. The molecule has 9 nitrogen and oxygen atoms in total. The van der Waals surface area contributed by atoms with Gasteiger partial charge in [-0.05, 0) is 65.9 Å². The molecule has 1 aliphatic carbocycles. The van der Waals surface area contributed by atoms with Crippen LogP contribution >= 0.6 is 0 Å². The molecule has 1 atom stereocenters. The van der Waals surface area contributed by atoms with Gasteiger partial charge in [0.15, 0.2) is 0 Å². The van der Waals surface area contributed by atoms with Crippen LogP contribution in [0, 0.1) is 5.82 Å². The average Bonchev–Trinajstić information content (AvgIpc) is 2.82. The predicted molar refractivity (Wildman–Crippen MR) is 129 cm³/mol. The van der Waals surface area contributed by atoms with Crippen LogP contribution in [0.15, 0.2) is 18.3 Å². The lowest BCUT2D eigenvalue weighted by atomic mass is 9.67. The molecule has 2 saturated heterocycles. The third-order valence-electron chi connectivity index (χ3n) is 6.92. The quantitative estimate of drug-likeness (QED) is 0.553. The third-order valence-corrected chi connectivity index (χ3v) is 6.92. The number of hydrogen-bond donors (Lipinski definition) is 1. The zero-order valence-corrected chi connectivity index (χ0v) is 21.5. The number of aromatic nitrogens is 2. The second-order valence-electron chi connectivity index (χ2n) is 10.6. The van der Waals surface area contributed by atoms with Crippen LogP contribution < -0.4 is 10.1 Å². The van der Waals surface area contributed by atoms with E-state index in [-0.39, 0.29) is 30.7 Å². The number of hydrogen-bond acceptors (Lipinski definition) is 8. The molecule has 1 unspecified atom stereocenters. The van der Waals surface area contributed by atoms with Crippen molar-refractivity contribution in [3.05, 3.63) is 29.7 Å². The van der Waals surface area contributed by atoms with E-state index in [0.717, 1.165) is 6.20 Å². The lowest BCUT2D eigenvalue weighted by Gasteiger charge is -2.53. The van der Waals surface area contributed by atoms with Crippen molar-refractivity contribution in [2.75, 3.05) is 20.3 Å². The van der Waals surface area contributed by atoms with Gasteiger partial charge in [-0.15, -0.1) is 0 Å². The van der Waals surface area contributed by atoms with E-state index in [4.69, 9.17) is 18.9 Å². The number of rotatable bonds is 7. The van der Waals surface area contributed by atoms with Crippen LogP contribution in [-0.4, -0.2) is 59.1 Å². The molecular weight excluding hydrogens is 469 g/mol. The SMILES string of the molecule is CCOC(=O)C(CC12CCC(NC(=O)OC(C)(C)C)(CC1)CO2)c1c(F)cnc2ccc(OC)nc12. The summed E-state index contributed by atoms with van der Waals surface area (Å²) in [5.74, 6) is -1.83. The average molecular weight is 504 g/mol. The van der Waals surface area contributed by atoms with Crippen molar-refractivity contribution in [2.24, 2.45) is 0 Å². The lowest BCUT2D eigenvalue weighted by molar-refractivity contribution is -0.173. The van der Waals surface area contributed by atoms with E-state index in [1.165, 1.54) is 7.11 Å². The molecule has 2 aromatic heterocycles. The molecule has 0 spiro atoms. The van der Waals surface area contributed by atoms with Gasteiger partial charge >= 0.3 is 12.1 Å². The van der Waals surface area contributed by atoms with Gasteiger partial charge in [-0.25, -0.2) is 14.2 Å². The van der Waals surface area contributed by atoms with Crippen LogP contribution in [0.1, 0.15) is 71.3 Å². The van der Waals surface area contributed by atoms with Crippen molar-refractivity contribution >= 4 is 23.1 Å². The molecule has 2 bridgehead atoms. The highest BCUT2D eigenvalue weighted by Gasteiger charge is 2.52. The normalized spacial score (nSPS) is 24.3. The fourth-order valence-corrected chi connectivity index (χ4v) is 5.12. The number of halogens is 1. The van der Waals surface area contributed by atoms with Crippen molar-refractivity contribution in [2.45, 2.75) is 82.5 Å². The predicted octanol–water partition coefficient (Wildman–Crippen LogP) is 4.42. The summed E-state index contributed by atoms with van der Waals surface area (Å²) in [5, 5.41) is 3.00. The van der Waals surface area contributed by atoms with Crippen LogP contribution in [0.25, 0.3) is 11.0 Å². The summed E-state index contributed by atoms with van der Waals surface area (Å²) in [6.07, 6.45) is 3.37. The van der Waals surface area contributed by atoms with E-state index in [0.29, 0.717) is 37.1 Å². The number of fused-ring (bicyclic) bond motifs is 4. The Morgan fingerprint density at radius 1 is 1.22 bits per heavy atom. The maximum atomic E-state index is 15.3. The van der Waals surface area contributed by atoms with Gasteiger partial charge in [0.1, 0.15) is 11.4 Å². The van der Waals surface area contributed by atoms with Gasteiger partial charge in [-0.3, -0.25) is 9.78 Å². The number of carbonyl (C=O) groups is 2. The van der Waals surface area contributed by atoms with Crippen LogP contribution in [0.2, 0.25) is 0 Å². The zero-order valence-electron chi connectivity index (χ0n) is 21.5. The molecule has 0 radical (unpaired) electrons. The first-order valence-corrected chi connectivity index (χ1v) is 12.3. The van der Waals surface area contributed by atoms with Gasteiger partial charge in [-0.2, -0.15) is 0 Å². The van der Waals surface area contributed by atoms with E-state index in [1.54, 1.807) is 19.1 Å². The van der Waals surface area contributed by atoms with Crippen molar-refractivity contribution < 1.29 is 32.9 Å². The number of nitrogens with one attached hydrogen (secondary N) is 1. The smallest absolute Gasteiger partial charge is 0.408 e. The Kier molecular flexibility index (Phi) is 7.10. The second-order valence-corrected chi connectivity index (χ2v) is 10.6. The molecular formula is C26H34FN3O6. The van der Waals surface area contributed by atoms with Crippen LogP contribution in [0.5, 0.6) is 5.88 Å². The molecule has 2 aromatic rings. The van der Waals surface area contributed by atoms with Gasteiger partial charge in [0.25, 0.3) is 0 Å². The summed E-state index contributed by atoms with van der Waals surface area (Å²) >= 11 is 0. The number of pyridine rings is 2. The Balaban J connectivity index is 1.60. The summed E-state index contributed by atoms with van der Waals surface area (Å²) < 4.78 is 37.6. The Bertz CT molecular complexity index is 1120. The largest absolute Gasteiger partial charge is 0.481 e. The van der Waals surface area contributed by atoms with Crippen molar-refractivity contribution in [3.8, 4) is 5.88 Å². The van der Waals surface area contributed by atoms with Gasteiger partial charge < -0.3 is 24.3 Å². The van der Waals surface area contributed by atoms with Gasteiger partial charge in [-0.1, -0.05) is 0 Å². The number of alkyl carbamates (subject to hydrolysis) is 1. The maximum Gasteiger partial charge on any atom is 0.408 e. The standard InChI is InChI=1S/C26H34FN3O6/c1-6-34-22(31)16(20-17(27)14-28-18-7-8-19(33-5)29-21(18)20)13-26-11-9-25(10-12-26,15-35-26)30-23(32)36-24(2,3)4/h7-8,14,16H,6,9-13,15H2,1-5H3,(H,30,32). The molecule has 3 aliphatic rings. The minimum absolute atomic E-state index is 0.129. The number of amides is 1. The summed E-state index contributed by atoms with van der Waals surface area (Å²) in [5.41, 5.74) is -0.938. The molecule has 3 fully saturated rings. The summed E-state index contributed by atoms with van der Waals surface area (Å²) in [6.45, 7) is 7.60. The molecule has 196 valence electrons. The fraction of sp³-hybridized carbons (Fsp3) is 0.615. The van der Waals surface area contributed by atoms with Gasteiger partial charge in [0, 0.05) is 11.6 Å². The number of nitrogens with zero attached hydrogens (tertiary/aromatic N) is 2. The van der Waals surface area contributed by atoms with Crippen LogP contribution in [0.3, 0.4) is 0 Å². The number of methoxy groups -OCH3 is 1. The topological polar surface area (TPSA) is 109 Å². The highest BCUT2D eigenvalue weighted by Crippen LogP contribution is 2.49. The molecule has 1 N–H and O–H groups in total. The van der Waals surface area contributed by atoms with Crippen molar-refractivity contribution in [1.82, 2.24) is 15.3 Å². The van der Waals surface area contributed by atoms with E-state index in [9.17, 15) is 9.59 Å².